The van der Waals surface area contributed by atoms with Gasteiger partial charge in [-0.25, -0.2) is 4.98 Å². The van der Waals surface area contributed by atoms with E-state index in [-0.39, 0.29) is 18.1 Å². The SMILES string of the molecule is O=C(Cn1cnc(-c2ccc(C(F)(F)F)cc2)cc1=O)NCc1ccncc1. The van der Waals surface area contributed by atoms with Crippen molar-refractivity contribution in [1.29, 1.82) is 0 Å². The molecule has 0 unspecified atom stereocenters. The number of nitrogens with one attached hydrogen (secondary N) is 1. The van der Waals surface area contributed by atoms with Crippen molar-refractivity contribution in [1.82, 2.24) is 19.9 Å². The maximum Gasteiger partial charge on any atom is 0.416 e. The molecule has 6 nitrogen and oxygen atoms in total. The second-order valence-corrected chi connectivity index (χ2v) is 5.95. The third-order valence-electron chi connectivity index (χ3n) is 3.94. The first-order valence-corrected chi connectivity index (χ1v) is 8.22. The van der Waals surface area contributed by atoms with Crippen LogP contribution < -0.4 is 10.9 Å². The van der Waals surface area contributed by atoms with E-state index in [1.54, 1.807) is 24.5 Å². The predicted octanol–water partition coefficient (Wildman–Crippen LogP) is 2.64. The van der Waals surface area contributed by atoms with E-state index in [4.69, 9.17) is 0 Å². The van der Waals surface area contributed by atoms with Gasteiger partial charge in [-0.2, -0.15) is 13.2 Å². The Labute approximate surface area is 157 Å². The lowest BCUT2D eigenvalue weighted by Crippen LogP contribution is -2.31. The summed E-state index contributed by atoms with van der Waals surface area (Å²) in [4.78, 5) is 32.2. The molecule has 1 N–H and O–H groups in total. The average molecular weight is 388 g/mol. The van der Waals surface area contributed by atoms with Crippen molar-refractivity contribution in [3.63, 3.8) is 0 Å². The first-order chi connectivity index (χ1) is 13.3. The fourth-order valence-corrected chi connectivity index (χ4v) is 2.44. The van der Waals surface area contributed by atoms with Gasteiger partial charge >= 0.3 is 6.18 Å². The maximum atomic E-state index is 12.6. The number of carbonyl (C=O) groups is 1. The van der Waals surface area contributed by atoms with E-state index in [1.807, 2.05) is 0 Å². The highest BCUT2D eigenvalue weighted by molar-refractivity contribution is 5.75. The van der Waals surface area contributed by atoms with Crippen molar-refractivity contribution in [3.05, 3.63) is 82.7 Å². The van der Waals surface area contributed by atoms with Crippen LogP contribution in [-0.2, 0) is 24.1 Å². The highest BCUT2D eigenvalue weighted by Crippen LogP contribution is 2.30. The van der Waals surface area contributed by atoms with Crippen LogP contribution >= 0.6 is 0 Å². The number of alkyl halides is 3. The zero-order valence-corrected chi connectivity index (χ0v) is 14.5. The number of halogens is 3. The van der Waals surface area contributed by atoms with Crippen molar-refractivity contribution in [3.8, 4) is 11.3 Å². The fraction of sp³-hybridized carbons (Fsp3) is 0.158. The van der Waals surface area contributed by atoms with Crippen molar-refractivity contribution in [2.24, 2.45) is 0 Å². The number of pyridine rings is 1. The van der Waals surface area contributed by atoms with Crippen molar-refractivity contribution in [2.75, 3.05) is 0 Å². The molecule has 3 rings (SSSR count). The lowest BCUT2D eigenvalue weighted by atomic mass is 10.1. The van der Waals surface area contributed by atoms with Gasteiger partial charge in [0, 0.05) is 30.6 Å². The summed E-state index contributed by atoms with van der Waals surface area (Å²) in [6.07, 6.45) is -0.0217. The highest BCUT2D eigenvalue weighted by atomic mass is 19.4. The second kappa shape index (κ2) is 8.03. The molecule has 0 fully saturated rings. The molecular formula is C19H15F3N4O2. The molecule has 1 aromatic carbocycles. The van der Waals surface area contributed by atoms with Gasteiger partial charge in [0.15, 0.2) is 0 Å². The van der Waals surface area contributed by atoms with Gasteiger partial charge in [-0.1, -0.05) is 12.1 Å². The Hall–Kier alpha value is -3.49. The minimum absolute atomic E-state index is 0.218. The van der Waals surface area contributed by atoms with Gasteiger partial charge in [-0.15, -0.1) is 0 Å². The van der Waals surface area contributed by atoms with Crippen molar-refractivity contribution < 1.29 is 18.0 Å². The summed E-state index contributed by atoms with van der Waals surface area (Å²) in [6.45, 7) is 0.0807. The third kappa shape index (κ3) is 4.81. The zero-order valence-electron chi connectivity index (χ0n) is 14.5. The lowest BCUT2D eigenvalue weighted by molar-refractivity contribution is -0.137. The van der Waals surface area contributed by atoms with E-state index in [2.05, 4.69) is 15.3 Å². The Morgan fingerprint density at radius 2 is 1.75 bits per heavy atom. The van der Waals surface area contributed by atoms with Crippen LogP contribution in [0.5, 0.6) is 0 Å². The normalized spacial score (nSPS) is 11.2. The molecule has 28 heavy (non-hydrogen) atoms. The number of hydrogen-bond acceptors (Lipinski definition) is 4. The first kappa shape index (κ1) is 19.3. The summed E-state index contributed by atoms with van der Waals surface area (Å²) in [5.41, 5.74) is 0.206. The van der Waals surface area contributed by atoms with Gasteiger partial charge < -0.3 is 5.32 Å². The van der Waals surface area contributed by atoms with Gasteiger partial charge in [0.1, 0.15) is 6.54 Å². The molecule has 0 radical (unpaired) electrons. The monoisotopic (exact) mass is 388 g/mol. The van der Waals surface area contributed by atoms with Crippen LogP contribution in [0.25, 0.3) is 11.3 Å². The topological polar surface area (TPSA) is 76.9 Å². The maximum absolute atomic E-state index is 12.6. The zero-order chi connectivity index (χ0) is 20.1. The molecule has 9 heteroatoms. The first-order valence-electron chi connectivity index (χ1n) is 8.22. The molecule has 2 heterocycles. The van der Waals surface area contributed by atoms with E-state index in [0.717, 1.165) is 22.3 Å². The molecule has 0 atom stereocenters. The molecule has 0 saturated carbocycles. The van der Waals surface area contributed by atoms with Gasteiger partial charge in [0.05, 0.1) is 17.6 Å². The summed E-state index contributed by atoms with van der Waals surface area (Å²) in [5.74, 6) is -0.372. The van der Waals surface area contributed by atoms with Gasteiger partial charge in [-0.3, -0.25) is 19.1 Å². The van der Waals surface area contributed by atoms with Gasteiger partial charge in [0.25, 0.3) is 5.56 Å². The molecular weight excluding hydrogens is 373 g/mol. The largest absolute Gasteiger partial charge is 0.416 e. The molecule has 0 aliphatic rings. The number of rotatable bonds is 5. The smallest absolute Gasteiger partial charge is 0.350 e. The number of carbonyl (C=O) groups excluding carboxylic acids is 1. The molecule has 1 amide bonds. The van der Waals surface area contributed by atoms with E-state index in [0.29, 0.717) is 12.1 Å². The number of aromatic nitrogens is 3. The van der Waals surface area contributed by atoms with Crippen LogP contribution in [0.2, 0.25) is 0 Å². The number of hydrogen-bond donors (Lipinski definition) is 1. The van der Waals surface area contributed by atoms with Crippen LogP contribution in [0.15, 0.2) is 66.0 Å². The number of amides is 1. The lowest BCUT2D eigenvalue weighted by Gasteiger charge is -2.09. The Bertz CT molecular complexity index is 1020. The number of nitrogens with zero attached hydrogens (tertiary/aromatic N) is 3. The van der Waals surface area contributed by atoms with E-state index < -0.39 is 17.3 Å². The summed E-state index contributed by atoms with van der Waals surface area (Å²) in [7, 11) is 0. The quantitative estimate of drug-likeness (QED) is 0.729. The van der Waals surface area contributed by atoms with Crippen LogP contribution in [0.4, 0.5) is 13.2 Å². The summed E-state index contributed by atoms with van der Waals surface area (Å²) >= 11 is 0. The van der Waals surface area contributed by atoms with E-state index in [1.165, 1.54) is 24.5 Å². The fourth-order valence-electron chi connectivity index (χ4n) is 2.44. The van der Waals surface area contributed by atoms with Crippen LogP contribution in [0.3, 0.4) is 0 Å². The molecule has 0 spiro atoms. The molecule has 0 aliphatic carbocycles. The van der Waals surface area contributed by atoms with Crippen LogP contribution in [-0.4, -0.2) is 20.4 Å². The predicted molar refractivity (Wildman–Crippen MR) is 95.0 cm³/mol. The summed E-state index contributed by atoms with van der Waals surface area (Å²) in [6, 6.07) is 9.04. The summed E-state index contributed by atoms with van der Waals surface area (Å²) < 4.78 is 39.0. The van der Waals surface area contributed by atoms with Crippen molar-refractivity contribution in [2.45, 2.75) is 19.3 Å². The Balaban J connectivity index is 1.67. The Morgan fingerprint density at radius 3 is 2.36 bits per heavy atom. The molecule has 0 saturated heterocycles. The van der Waals surface area contributed by atoms with Gasteiger partial charge in [0.2, 0.25) is 5.91 Å². The minimum atomic E-state index is -4.43. The molecule has 0 aliphatic heterocycles. The Morgan fingerprint density at radius 1 is 1.07 bits per heavy atom. The standard InChI is InChI=1S/C19H15F3N4O2/c20-19(21,22)15-3-1-14(2-4-15)16-9-18(28)26(12-25-16)11-17(27)24-10-13-5-7-23-8-6-13/h1-9,12H,10-11H2,(H,24,27). The van der Waals surface area contributed by atoms with Gasteiger partial charge in [-0.05, 0) is 29.8 Å². The Kier molecular flexibility index (Phi) is 5.53. The highest BCUT2D eigenvalue weighted by Gasteiger charge is 2.30. The van der Waals surface area contributed by atoms with E-state index in [9.17, 15) is 22.8 Å². The van der Waals surface area contributed by atoms with Crippen LogP contribution in [0, 0.1) is 0 Å². The number of benzene rings is 1. The summed E-state index contributed by atoms with van der Waals surface area (Å²) in [5, 5.41) is 2.68. The van der Waals surface area contributed by atoms with Crippen LogP contribution in [0.1, 0.15) is 11.1 Å². The molecule has 144 valence electrons. The van der Waals surface area contributed by atoms with Crippen molar-refractivity contribution >= 4 is 5.91 Å². The third-order valence-corrected chi connectivity index (χ3v) is 3.94. The average Bonchev–Trinajstić information content (AvgIpc) is 2.68. The molecule has 0 bridgehead atoms. The second-order valence-electron chi connectivity index (χ2n) is 5.95. The molecule has 2 aromatic heterocycles. The minimum Gasteiger partial charge on any atom is -0.350 e. The molecule has 3 aromatic rings. The van der Waals surface area contributed by atoms with E-state index >= 15 is 0 Å².